The fourth-order valence-electron chi connectivity index (χ4n) is 3.85. The van der Waals surface area contributed by atoms with Gasteiger partial charge in [0, 0.05) is 0 Å². The van der Waals surface area contributed by atoms with Crippen LogP contribution in [-0.2, 0) is 25.6 Å². The van der Waals surface area contributed by atoms with Gasteiger partial charge in [-0.3, -0.25) is 4.52 Å². The van der Waals surface area contributed by atoms with Crippen LogP contribution < -0.4 is 0 Å². The van der Waals surface area contributed by atoms with E-state index in [1.54, 1.807) is 0 Å². The van der Waals surface area contributed by atoms with Crippen molar-refractivity contribution >= 4 is 18.5 Å². The van der Waals surface area contributed by atoms with Gasteiger partial charge in [-0.2, -0.15) is 0 Å². The molecule has 1 saturated heterocycles. The molecule has 0 bridgehead atoms. The van der Waals surface area contributed by atoms with Crippen molar-refractivity contribution in [1.29, 1.82) is 0 Å². The summed E-state index contributed by atoms with van der Waals surface area (Å²) in [4.78, 5) is 10.2. The second-order valence-electron chi connectivity index (χ2n) is 9.04. The number of hydrogen-bond donors (Lipinski definition) is 5. The fraction of sp³-hybridized carbons (Fsp3) is 0.917. The van der Waals surface area contributed by atoms with Gasteiger partial charge in [0.05, 0.1) is 13.2 Å². The van der Waals surface area contributed by atoms with Crippen molar-refractivity contribution < 1.29 is 39.1 Å². The Balaban J connectivity index is 2.02. The van der Waals surface area contributed by atoms with E-state index < -0.39 is 44.0 Å². The van der Waals surface area contributed by atoms with Crippen LogP contribution in [0.1, 0.15) is 96.8 Å². The van der Waals surface area contributed by atoms with E-state index in [-0.39, 0.29) is 6.61 Å². The predicted octanol–water partition coefficient (Wildman–Crippen LogP) is 4.07. The lowest BCUT2D eigenvalue weighted by Gasteiger charge is -2.40. The lowest BCUT2D eigenvalue weighted by Crippen LogP contribution is -2.58. The number of unbranched alkanes of at least 4 members (excludes halogenated alkanes) is 12. The first-order chi connectivity index (χ1) is 16.3. The molecule has 0 aliphatic carbocycles. The average Bonchev–Trinajstić information content (AvgIpc) is 2.81. The zero-order valence-electron chi connectivity index (χ0n) is 20.7. The molecule has 8 nitrogen and oxygen atoms in total. The lowest BCUT2D eigenvalue weighted by atomic mass is 10.00. The Bertz CT molecular complexity index is 577. The minimum atomic E-state index is -3.71. The highest BCUT2D eigenvalue weighted by molar-refractivity contribution is 8.07. The average molecular weight is 527 g/mol. The summed E-state index contributed by atoms with van der Waals surface area (Å²) >= 11 is 4.95. The summed E-state index contributed by atoms with van der Waals surface area (Å²) in [5.74, 6) is 0. The second-order valence-corrected chi connectivity index (χ2v) is 11.8. The van der Waals surface area contributed by atoms with Gasteiger partial charge in [-0.1, -0.05) is 76.9 Å². The van der Waals surface area contributed by atoms with Crippen LogP contribution in [0.25, 0.3) is 0 Å². The highest BCUT2D eigenvalue weighted by Crippen LogP contribution is 2.47. The number of rotatable bonds is 20. The first-order valence-electron chi connectivity index (χ1n) is 12.9. The van der Waals surface area contributed by atoms with E-state index in [2.05, 4.69) is 19.1 Å². The molecule has 1 aliphatic rings. The number of aliphatic hydroxyl groups excluding tert-OH is 4. The molecule has 1 heterocycles. The maximum Gasteiger partial charge on any atom is 0.326 e. The Labute approximate surface area is 210 Å². The van der Waals surface area contributed by atoms with E-state index in [0.29, 0.717) is 0 Å². The van der Waals surface area contributed by atoms with E-state index in [1.165, 1.54) is 57.8 Å². The van der Waals surface area contributed by atoms with Gasteiger partial charge in [-0.15, -0.1) is 0 Å². The van der Waals surface area contributed by atoms with Crippen molar-refractivity contribution in [3.63, 3.8) is 0 Å². The van der Waals surface area contributed by atoms with Crippen molar-refractivity contribution in [3.05, 3.63) is 12.2 Å². The van der Waals surface area contributed by atoms with Crippen molar-refractivity contribution in [2.24, 2.45) is 0 Å². The minimum absolute atomic E-state index is 0.215. The zero-order valence-corrected chi connectivity index (χ0v) is 22.4. The van der Waals surface area contributed by atoms with Crippen molar-refractivity contribution in [2.45, 2.75) is 128 Å². The van der Waals surface area contributed by atoms with Gasteiger partial charge in [0.2, 0.25) is 0 Å². The molecular weight excluding hydrogens is 479 g/mol. The van der Waals surface area contributed by atoms with E-state index in [4.69, 9.17) is 25.6 Å². The van der Waals surface area contributed by atoms with Crippen LogP contribution in [-0.4, -0.2) is 69.2 Å². The fourth-order valence-corrected chi connectivity index (χ4v) is 5.18. The van der Waals surface area contributed by atoms with Crippen LogP contribution in [0.5, 0.6) is 0 Å². The second kappa shape index (κ2) is 19.2. The smallest absolute Gasteiger partial charge is 0.326 e. The van der Waals surface area contributed by atoms with Crippen molar-refractivity contribution in [1.82, 2.24) is 0 Å². The van der Waals surface area contributed by atoms with Crippen LogP contribution in [0.2, 0.25) is 0 Å². The van der Waals surface area contributed by atoms with Crippen LogP contribution in [0.4, 0.5) is 0 Å². The number of aliphatic hydroxyl groups is 4. The molecule has 1 unspecified atom stereocenters. The molecule has 0 saturated carbocycles. The van der Waals surface area contributed by atoms with E-state index in [1.807, 2.05) is 0 Å². The largest absolute Gasteiger partial charge is 0.394 e. The normalized spacial score (nSPS) is 27.3. The molecule has 1 rings (SSSR count). The molecule has 0 aromatic rings. The molecule has 6 atom stereocenters. The van der Waals surface area contributed by atoms with Crippen LogP contribution in [0, 0.1) is 0 Å². The number of ether oxygens (including phenoxy) is 1. The summed E-state index contributed by atoms with van der Waals surface area (Å²) in [5.41, 5.74) is 0. The Morgan fingerprint density at radius 2 is 1.32 bits per heavy atom. The highest BCUT2D eigenvalue weighted by atomic mass is 32.5. The first-order valence-corrected chi connectivity index (χ1v) is 15.5. The van der Waals surface area contributed by atoms with E-state index >= 15 is 0 Å². The minimum Gasteiger partial charge on any atom is -0.394 e. The maximum absolute atomic E-state index is 10.2. The molecule has 0 spiro atoms. The third kappa shape index (κ3) is 14.0. The SMILES string of the molecule is CCCCCCCC/C=C\CCCCCCCCOP(O)(=S)O[C@@H]1O[C@H](CO)[C@@H](O)[C@H](O)[C@@H]1O. The maximum atomic E-state index is 10.2. The molecule has 10 heteroatoms. The monoisotopic (exact) mass is 526 g/mol. The molecule has 0 aromatic heterocycles. The summed E-state index contributed by atoms with van der Waals surface area (Å²) in [5, 5.41) is 38.7. The Morgan fingerprint density at radius 3 is 1.88 bits per heavy atom. The topological polar surface area (TPSA) is 129 Å². The molecule has 202 valence electrons. The Hall–Kier alpha value is 0.0700. The molecule has 34 heavy (non-hydrogen) atoms. The van der Waals surface area contributed by atoms with Crippen LogP contribution in [0.3, 0.4) is 0 Å². The number of hydrogen-bond acceptors (Lipinski definition) is 8. The molecule has 0 aromatic carbocycles. The Kier molecular flexibility index (Phi) is 18.1. The van der Waals surface area contributed by atoms with Crippen LogP contribution >= 0.6 is 6.72 Å². The van der Waals surface area contributed by atoms with Gasteiger partial charge in [-0.05, 0) is 43.9 Å². The standard InChI is InChI=1S/C24H47O8PS/c1-2-3-4-5-6-7-8-9-10-11-12-13-14-15-16-17-18-30-33(29,34)32-24-23(28)22(27)21(26)20(19-25)31-24/h9-10,20-28H,2-8,11-19H2,1H3,(H,29,34)/b10-9-/t20-,21-,22+,23+,24+,33?/m1/s1. The predicted molar refractivity (Wildman–Crippen MR) is 137 cm³/mol. The lowest BCUT2D eigenvalue weighted by molar-refractivity contribution is -0.279. The van der Waals surface area contributed by atoms with Gasteiger partial charge < -0.3 is 34.6 Å². The van der Waals surface area contributed by atoms with Crippen LogP contribution in [0.15, 0.2) is 12.2 Å². The molecule has 0 amide bonds. The summed E-state index contributed by atoms with van der Waals surface area (Å²) in [6, 6.07) is 0. The highest BCUT2D eigenvalue weighted by Gasteiger charge is 2.45. The van der Waals surface area contributed by atoms with Gasteiger partial charge in [0.15, 0.2) is 6.29 Å². The van der Waals surface area contributed by atoms with E-state index in [9.17, 15) is 25.3 Å². The molecular formula is C24H47O8PS. The molecule has 0 radical (unpaired) electrons. The van der Waals surface area contributed by atoms with Gasteiger partial charge >= 0.3 is 6.72 Å². The first kappa shape index (κ1) is 32.1. The van der Waals surface area contributed by atoms with Gasteiger partial charge in [0.1, 0.15) is 24.4 Å². The summed E-state index contributed by atoms with van der Waals surface area (Å²) in [6.07, 6.45) is 14.0. The van der Waals surface area contributed by atoms with Gasteiger partial charge in [0.25, 0.3) is 0 Å². The summed E-state index contributed by atoms with van der Waals surface area (Å²) in [7, 11) is 0. The molecule has 1 fully saturated rings. The molecule has 5 N–H and O–H groups in total. The third-order valence-corrected chi connectivity index (χ3v) is 7.55. The van der Waals surface area contributed by atoms with Crippen molar-refractivity contribution in [3.8, 4) is 0 Å². The molecule has 1 aliphatic heterocycles. The zero-order chi connectivity index (χ0) is 25.2. The Morgan fingerprint density at radius 1 is 0.794 bits per heavy atom. The number of allylic oxidation sites excluding steroid dienone is 2. The summed E-state index contributed by atoms with van der Waals surface area (Å²) in [6.45, 7) is -1.83. The quantitative estimate of drug-likeness (QED) is 0.0905. The van der Waals surface area contributed by atoms with E-state index in [0.717, 1.165) is 32.1 Å². The van der Waals surface area contributed by atoms with Gasteiger partial charge in [-0.25, -0.2) is 0 Å². The third-order valence-electron chi connectivity index (χ3n) is 6.00. The van der Waals surface area contributed by atoms with Crippen molar-refractivity contribution in [2.75, 3.05) is 13.2 Å². The summed E-state index contributed by atoms with van der Waals surface area (Å²) < 4.78 is 15.6.